The van der Waals surface area contributed by atoms with Gasteiger partial charge in [-0.1, -0.05) is 60.7 Å². The van der Waals surface area contributed by atoms with Crippen LogP contribution in [0, 0.1) is 0 Å². The Morgan fingerprint density at radius 1 is 0.821 bits per heavy atom. The van der Waals surface area contributed by atoms with Gasteiger partial charge in [0.15, 0.2) is 5.11 Å². The molecule has 0 atom stereocenters. The van der Waals surface area contributed by atoms with E-state index in [9.17, 15) is 0 Å². The molecule has 0 fully saturated rings. The SMILES string of the molecule is COc1cccc(NC(=S)NCc2ccc(COCc3ccccc3)cc2)c1. The second-order valence-corrected chi connectivity index (χ2v) is 6.74. The first-order valence-electron chi connectivity index (χ1n) is 9.11. The molecule has 0 unspecified atom stereocenters. The van der Waals surface area contributed by atoms with Gasteiger partial charge >= 0.3 is 0 Å². The van der Waals surface area contributed by atoms with Crippen molar-refractivity contribution < 1.29 is 9.47 Å². The quantitative estimate of drug-likeness (QED) is 0.534. The van der Waals surface area contributed by atoms with Gasteiger partial charge in [0.2, 0.25) is 0 Å². The van der Waals surface area contributed by atoms with Gasteiger partial charge in [-0.2, -0.15) is 0 Å². The van der Waals surface area contributed by atoms with Crippen LogP contribution in [-0.4, -0.2) is 12.2 Å². The van der Waals surface area contributed by atoms with Gasteiger partial charge in [-0.25, -0.2) is 0 Å². The maximum absolute atomic E-state index is 5.77. The molecule has 0 heterocycles. The van der Waals surface area contributed by atoms with E-state index in [1.807, 2.05) is 42.5 Å². The zero-order valence-corrected chi connectivity index (χ0v) is 16.7. The van der Waals surface area contributed by atoms with Crippen molar-refractivity contribution in [1.29, 1.82) is 0 Å². The molecule has 0 radical (unpaired) electrons. The van der Waals surface area contributed by atoms with Gasteiger partial charge in [-0.05, 0) is 41.0 Å². The fraction of sp³-hybridized carbons (Fsp3) is 0.174. The van der Waals surface area contributed by atoms with Crippen molar-refractivity contribution in [1.82, 2.24) is 5.32 Å². The molecule has 0 aromatic heterocycles. The lowest BCUT2D eigenvalue weighted by atomic mass is 10.1. The van der Waals surface area contributed by atoms with Crippen molar-refractivity contribution >= 4 is 23.0 Å². The van der Waals surface area contributed by atoms with E-state index in [1.165, 1.54) is 5.56 Å². The van der Waals surface area contributed by atoms with Crippen LogP contribution in [-0.2, 0) is 24.5 Å². The standard InChI is InChI=1S/C23H24N2O2S/c1-26-22-9-5-8-21(14-22)25-23(28)24-15-18-10-12-20(13-11-18)17-27-16-19-6-3-2-4-7-19/h2-14H,15-17H2,1H3,(H2,24,25,28). The Hall–Kier alpha value is -2.89. The van der Waals surface area contributed by atoms with Crippen LogP contribution in [0.25, 0.3) is 0 Å². The van der Waals surface area contributed by atoms with Crippen LogP contribution >= 0.6 is 12.2 Å². The highest BCUT2D eigenvalue weighted by Gasteiger charge is 2.01. The second-order valence-electron chi connectivity index (χ2n) is 6.33. The molecule has 3 aromatic carbocycles. The normalized spacial score (nSPS) is 10.3. The highest BCUT2D eigenvalue weighted by Crippen LogP contribution is 2.16. The molecule has 4 nitrogen and oxygen atoms in total. The summed E-state index contributed by atoms with van der Waals surface area (Å²) in [4.78, 5) is 0. The number of ether oxygens (including phenoxy) is 2. The van der Waals surface area contributed by atoms with Crippen molar-refractivity contribution in [3.63, 3.8) is 0 Å². The maximum Gasteiger partial charge on any atom is 0.171 e. The zero-order valence-electron chi connectivity index (χ0n) is 15.9. The van der Waals surface area contributed by atoms with Gasteiger partial charge in [-0.3, -0.25) is 0 Å². The largest absolute Gasteiger partial charge is 0.497 e. The molecule has 0 saturated heterocycles. The Bertz CT molecular complexity index is 883. The minimum absolute atomic E-state index is 0.573. The van der Waals surface area contributed by atoms with Crippen LogP contribution in [0.15, 0.2) is 78.9 Å². The van der Waals surface area contributed by atoms with Crippen LogP contribution in [0.2, 0.25) is 0 Å². The smallest absolute Gasteiger partial charge is 0.171 e. The lowest BCUT2D eigenvalue weighted by Gasteiger charge is -2.12. The zero-order chi connectivity index (χ0) is 19.6. The van der Waals surface area contributed by atoms with E-state index in [2.05, 4.69) is 47.0 Å². The highest BCUT2D eigenvalue weighted by molar-refractivity contribution is 7.80. The Morgan fingerprint density at radius 3 is 2.21 bits per heavy atom. The number of methoxy groups -OCH3 is 1. The first kappa shape index (κ1) is 19.9. The minimum atomic E-state index is 0.573. The lowest BCUT2D eigenvalue weighted by molar-refractivity contribution is 0.107. The Kier molecular flexibility index (Phi) is 7.41. The number of thiocarbonyl (C=S) groups is 1. The van der Waals surface area contributed by atoms with Crippen LogP contribution in [0.5, 0.6) is 5.75 Å². The summed E-state index contributed by atoms with van der Waals surface area (Å²) in [7, 11) is 1.64. The van der Waals surface area contributed by atoms with E-state index in [4.69, 9.17) is 21.7 Å². The van der Waals surface area contributed by atoms with Crippen LogP contribution < -0.4 is 15.4 Å². The summed E-state index contributed by atoms with van der Waals surface area (Å²) >= 11 is 5.36. The summed E-state index contributed by atoms with van der Waals surface area (Å²) in [5.74, 6) is 0.790. The predicted octanol–water partition coefficient (Wildman–Crippen LogP) is 4.90. The van der Waals surface area contributed by atoms with Crippen molar-refractivity contribution in [2.45, 2.75) is 19.8 Å². The maximum atomic E-state index is 5.77. The number of benzene rings is 3. The molecule has 5 heteroatoms. The lowest BCUT2D eigenvalue weighted by Crippen LogP contribution is -2.27. The first-order valence-corrected chi connectivity index (χ1v) is 9.52. The Labute approximate surface area is 171 Å². The van der Waals surface area contributed by atoms with Crippen LogP contribution in [0.1, 0.15) is 16.7 Å². The number of rotatable bonds is 8. The fourth-order valence-corrected chi connectivity index (χ4v) is 2.86. The van der Waals surface area contributed by atoms with Gasteiger partial charge < -0.3 is 20.1 Å². The molecule has 0 bridgehead atoms. The Balaban J connectivity index is 1.41. The molecule has 3 aromatic rings. The number of anilines is 1. The molecule has 0 saturated carbocycles. The van der Waals surface area contributed by atoms with Crippen molar-refractivity contribution in [2.75, 3.05) is 12.4 Å². The molecular weight excluding hydrogens is 368 g/mol. The molecule has 0 amide bonds. The van der Waals surface area contributed by atoms with Crippen LogP contribution in [0.3, 0.4) is 0 Å². The van der Waals surface area contributed by atoms with Crippen LogP contribution in [0.4, 0.5) is 5.69 Å². The summed E-state index contributed by atoms with van der Waals surface area (Å²) in [6.07, 6.45) is 0. The molecule has 28 heavy (non-hydrogen) atoms. The van der Waals surface area contributed by atoms with Gasteiger partial charge in [0.1, 0.15) is 5.75 Å². The van der Waals surface area contributed by atoms with Crippen molar-refractivity contribution in [3.8, 4) is 5.75 Å². The Morgan fingerprint density at radius 2 is 1.50 bits per heavy atom. The molecule has 0 aliphatic heterocycles. The third-order valence-electron chi connectivity index (χ3n) is 4.18. The van der Waals surface area contributed by atoms with E-state index in [0.717, 1.165) is 22.6 Å². The van der Waals surface area contributed by atoms with Crippen molar-refractivity contribution in [3.05, 3.63) is 95.6 Å². The van der Waals surface area contributed by atoms with Crippen molar-refractivity contribution in [2.24, 2.45) is 0 Å². The van der Waals surface area contributed by atoms with E-state index in [1.54, 1.807) is 7.11 Å². The van der Waals surface area contributed by atoms with E-state index < -0.39 is 0 Å². The van der Waals surface area contributed by atoms with Gasteiger partial charge in [0, 0.05) is 18.3 Å². The van der Waals surface area contributed by atoms with E-state index >= 15 is 0 Å². The topological polar surface area (TPSA) is 42.5 Å². The van der Waals surface area contributed by atoms with E-state index in [0.29, 0.717) is 24.9 Å². The average molecular weight is 393 g/mol. The third kappa shape index (κ3) is 6.37. The molecule has 3 rings (SSSR count). The van der Waals surface area contributed by atoms with Gasteiger partial charge in [0.05, 0.1) is 20.3 Å². The predicted molar refractivity (Wildman–Crippen MR) is 117 cm³/mol. The summed E-state index contributed by atoms with van der Waals surface area (Å²) < 4.78 is 11.0. The summed E-state index contributed by atoms with van der Waals surface area (Å²) in [6.45, 7) is 1.87. The third-order valence-corrected chi connectivity index (χ3v) is 4.43. The molecule has 0 spiro atoms. The minimum Gasteiger partial charge on any atom is -0.497 e. The fourth-order valence-electron chi connectivity index (χ4n) is 2.67. The second kappa shape index (κ2) is 10.4. The van der Waals surface area contributed by atoms with Gasteiger partial charge in [-0.15, -0.1) is 0 Å². The molecular formula is C23H24N2O2S. The number of hydrogen-bond acceptors (Lipinski definition) is 3. The molecule has 2 N–H and O–H groups in total. The molecule has 0 aliphatic rings. The summed E-state index contributed by atoms with van der Waals surface area (Å²) in [6, 6.07) is 26.2. The monoisotopic (exact) mass is 392 g/mol. The number of nitrogens with one attached hydrogen (secondary N) is 2. The molecule has 0 aliphatic carbocycles. The highest BCUT2D eigenvalue weighted by atomic mass is 32.1. The number of hydrogen-bond donors (Lipinski definition) is 2. The summed E-state index contributed by atoms with van der Waals surface area (Å²) in [5, 5.41) is 6.95. The van der Waals surface area contributed by atoms with E-state index in [-0.39, 0.29) is 0 Å². The average Bonchev–Trinajstić information content (AvgIpc) is 2.74. The summed E-state index contributed by atoms with van der Waals surface area (Å²) in [5.41, 5.74) is 4.38. The molecule has 144 valence electrons. The van der Waals surface area contributed by atoms with Gasteiger partial charge in [0.25, 0.3) is 0 Å². The first-order chi connectivity index (χ1) is 13.7.